The van der Waals surface area contributed by atoms with Crippen LogP contribution in [0.4, 0.5) is 4.39 Å². The van der Waals surface area contributed by atoms with Crippen LogP contribution in [0.2, 0.25) is 0 Å². The maximum Gasteiger partial charge on any atom is 0.212 e. The summed E-state index contributed by atoms with van der Waals surface area (Å²) in [5.74, 6) is -1.38. The lowest BCUT2D eigenvalue weighted by atomic mass is 9.98. The third-order valence-corrected chi connectivity index (χ3v) is 7.08. The number of aliphatic hydroxyl groups excluding tert-OH is 1. The molecule has 1 saturated heterocycles. The number of β-amino-alcohol motifs (C(OH)–C–C–N with tert-alkyl or cyclic N) is 1. The lowest BCUT2D eigenvalue weighted by Crippen LogP contribution is -2.42. The second-order valence-corrected chi connectivity index (χ2v) is 9.93. The number of hydrogen-bond acceptors (Lipinski definition) is 5. The Bertz CT molecular complexity index is 1010. The van der Waals surface area contributed by atoms with E-state index >= 15 is 0 Å². The maximum absolute atomic E-state index is 14.6. The molecule has 0 bridgehead atoms. The van der Waals surface area contributed by atoms with E-state index in [1.54, 1.807) is 13.0 Å². The van der Waals surface area contributed by atoms with Crippen molar-refractivity contribution in [3.8, 4) is 11.1 Å². The highest BCUT2D eigenvalue weighted by atomic mass is 32.2. The first kappa shape index (κ1) is 23.5. The molecule has 1 atom stereocenters. The molecule has 1 aliphatic heterocycles. The second-order valence-electron chi connectivity index (χ2n) is 8.08. The summed E-state index contributed by atoms with van der Waals surface area (Å²) < 4.78 is 42.0. The van der Waals surface area contributed by atoms with Gasteiger partial charge in [-0.3, -0.25) is 4.79 Å². The van der Waals surface area contributed by atoms with E-state index in [4.69, 9.17) is 5.11 Å². The molecule has 1 heterocycles. The molecule has 0 spiro atoms. The highest BCUT2D eigenvalue weighted by Gasteiger charge is 2.26. The van der Waals surface area contributed by atoms with E-state index in [9.17, 15) is 17.6 Å². The number of piperidine rings is 1. The molecule has 1 aliphatic rings. The van der Waals surface area contributed by atoms with E-state index in [0.29, 0.717) is 24.2 Å². The van der Waals surface area contributed by atoms with E-state index in [1.807, 2.05) is 35.2 Å². The summed E-state index contributed by atoms with van der Waals surface area (Å²) in [6.45, 7) is 3.12. The number of carbonyl (C=O) groups excluding carboxylic acids is 1. The average Bonchev–Trinajstić information content (AvgIpc) is 2.75. The van der Waals surface area contributed by atoms with Crippen molar-refractivity contribution in [2.45, 2.75) is 19.8 Å². The topological polar surface area (TPSA) is 86.7 Å². The molecule has 0 aromatic heterocycles. The van der Waals surface area contributed by atoms with Crippen LogP contribution in [0.15, 0.2) is 42.5 Å². The lowest BCUT2D eigenvalue weighted by Gasteiger charge is -2.31. The van der Waals surface area contributed by atoms with Gasteiger partial charge in [0.25, 0.3) is 0 Å². The van der Waals surface area contributed by atoms with Gasteiger partial charge in [0.15, 0.2) is 5.78 Å². The number of benzene rings is 2. The van der Waals surface area contributed by atoms with Crippen LogP contribution in [-0.4, -0.2) is 62.7 Å². The molecular weight excluding hydrogens is 419 g/mol. The number of likely N-dealkylation sites (tertiary alicyclic amines) is 1. The smallest absolute Gasteiger partial charge is 0.212 e. The zero-order valence-corrected chi connectivity index (χ0v) is 18.5. The third-order valence-electron chi connectivity index (χ3n) is 5.59. The third kappa shape index (κ3) is 6.43. The lowest BCUT2D eigenvalue weighted by molar-refractivity contribution is 0.0992. The second kappa shape index (κ2) is 10.5. The van der Waals surface area contributed by atoms with Crippen LogP contribution in [0.5, 0.6) is 0 Å². The first-order chi connectivity index (χ1) is 14.8. The average molecular weight is 449 g/mol. The minimum absolute atomic E-state index is 0.0409. The Morgan fingerprint density at radius 3 is 2.68 bits per heavy atom. The first-order valence-corrected chi connectivity index (χ1v) is 12.1. The van der Waals surface area contributed by atoms with E-state index in [1.165, 1.54) is 6.07 Å². The summed E-state index contributed by atoms with van der Waals surface area (Å²) in [4.78, 5) is 14.7. The highest BCUT2D eigenvalue weighted by molar-refractivity contribution is 7.89. The van der Waals surface area contributed by atoms with Crippen LogP contribution in [0.3, 0.4) is 0 Å². The first-order valence-electron chi connectivity index (χ1n) is 10.5. The molecule has 0 amide bonds. The fourth-order valence-electron chi connectivity index (χ4n) is 4.04. The molecule has 31 heavy (non-hydrogen) atoms. The number of sulfonamides is 1. The molecule has 0 radical (unpaired) electrons. The van der Waals surface area contributed by atoms with E-state index in [-0.39, 0.29) is 23.8 Å². The molecule has 1 fully saturated rings. The number of rotatable bonds is 9. The summed E-state index contributed by atoms with van der Waals surface area (Å²) in [6.07, 6.45) is 1.65. The SMILES string of the molecule is Cc1cc(-c2ccccc2)cc(C(=O)CNS(=O)(=O)CC2CCCN(CCO)C2)c1F. The number of hydrogen-bond donors (Lipinski definition) is 2. The van der Waals surface area contributed by atoms with Gasteiger partial charge in [0.2, 0.25) is 10.0 Å². The van der Waals surface area contributed by atoms with Crippen molar-refractivity contribution >= 4 is 15.8 Å². The van der Waals surface area contributed by atoms with Crippen molar-refractivity contribution in [3.63, 3.8) is 0 Å². The van der Waals surface area contributed by atoms with Crippen LogP contribution in [-0.2, 0) is 10.0 Å². The molecule has 6 nitrogen and oxygen atoms in total. The Balaban J connectivity index is 1.66. The van der Waals surface area contributed by atoms with Gasteiger partial charge in [-0.2, -0.15) is 0 Å². The van der Waals surface area contributed by atoms with Crippen LogP contribution in [0, 0.1) is 18.7 Å². The number of carbonyl (C=O) groups is 1. The number of ketones is 1. The van der Waals surface area contributed by atoms with Crippen LogP contribution in [0.1, 0.15) is 28.8 Å². The van der Waals surface area contributed by atoms with Gasteiger partial charge in [-0.05, 0) is 61.1 Å². The number of nitrogens with one attached hydrogen (secondary N) is 1. The van der Waals surface area contributed by atoms with Crippen molar-refractivity contribution < 1.29 is 22.7 Å². The fourth-order valence-corrected chi connectivity index (χ4v) is 5.40. The van der Waals surface area contributed by atoms with Gasteiger partial charge >= 0.3 is 0 Å². The molecular formula is C23H29FN2O4S. The van der Waals surface area contributed by atoms with E-state index in [0.717, 1.165) is 24.9 Å². The molecule has 1 unspecified atom stereocenters. The molecule has 0 saturated carbocycles. The summed E-state index contributed by atoms with van der Waals surface area (Å²) >= 11 is 0. The van der Waals surface area contributed by atoms with Gasteiger partial charge in [-0.1, -0.05) is 30.3 Å². The molecule has 0 aliphatic carbocycles. The quantitative estimate of drug-likeness (QED) is 0.576. The predicted octanol–water partition coefficient (Wildman–Crippen LogP) is 2.61. The molecule has 2 aromatic carbocycles. The maximum atomic E-state index is 14.6. The van der Waals surface area contributed by atoms with E-state index in [2.05, 4.69) is 4.72 Å². The van der Waals surface area contributed by atoms with Gasteiger partial charge in [-0.15, -0.1) is 0 Å². The fraction of sp³-hybridized carbons (Fsp3) is 0.435. The predicted molar refractivity (Wildman–Crippen MR) is 119 cm³/mol. The number of aliphatic hydroxyl groups is 1. The monoisotopic (exact) mass is 448 g/mol. The molecule has 8 heteroatoms. The molecule has 168 valence electrons. The van der Waals surface area contributed by atoms with Gasteiger partial charge in [0, 0.05) is 13.1 Å². The van der Waals surface area contributed by atoms with Gasteiger partial charge < -0.3 is 10.0 Å². The Hall–Kier alpha value is -2.13. The van der Waals surface area contributed by atoms with Crippen LogP contribution >= 0.6 is 0 Å². The molecule has 2 N–H and O–H groups in total. The number of halogens is 1. The van der Waals surface area contributed by atoms with Crippen molar-refractivity contribution in [1.29, 1.82) is 0 Å². The van der Waals surface area contributed by atoms with Crippen molar-refractivity contribution in [1.82, 2.24) is 9.62 Å². The normalized spacial score (nSPS) is 17.6. The number of Topliss-reactive ketones (excluding diaryl/α,β-unsaturated/α-hetero) is 1. The van der Waals surface area contributed by atoms with Gasteiger partial charge in [0.05, 0.1) is 24.5 Å². The van der Waals surface area contributed by atoms with Crippen LogP contribution in [0.25, 0.3) is 11.1 Å². The van der Waals surface area contributed by atoms with Gasteiger partial charge in [-0.25, -0.2) is 17.5 Å². The molecule has 2 aromatic rings. The number of nitrogens with zero attached hydrogens (tertiary/aromatic N) is 1. The Morgan fingerprint density at radius 1 is 1.23 bits per heavy atom. The van der Waals surface area contributed by atoms with E-state index < -0.39 is 28.2 Å². The summed E-state index contributed by atoms with van der Waals surface area (Å²) in [7, 11) is -3.69. The van der Waals surface area contributed by atoms with Crippen LogP contribution < -0.4 is 4.72 Å². The standard InChI is InChI=1S/C23H29FN2O4S/c1-17-12-20(19-7-3-2-4-8-19)13-21(23(17)24)22(28)14-25-31(29,30)16-18-6-5-9-26(15-18)10-11-27/h2-4,7-8,12-13,18,25,27H,5-6,9-11,14-16H2,1H3. The van der Waals surface area contributed by atoms with Crippen molar-refractivity contribution in [2.24, 2.45) is 5.92 Å². The largest absolute Gasteiger partial charge is 0.395 e. The number of aryl methyl sites for hydroxylation is 1. The van der Waals surface area contributed by atoms with Gasteiger partial charge in [0.1, 0.15) is 5.82 Å². The Kier molecular flexibility index (Phi) is 7.94. The minimum atomic E-state index is -3.69. The minimum Gasteiger partial charge on any atom is -0.395 e. The summed E-state index contributed by atoms with van der Waals surface area (Å²) in [5.41, 5.74) is 1.77. The zero-order chi connectivity index (χ0) is 22.4. The Morgan fingerprint density at radius 2 is 1.97 bits per heavy atom. The molecule has 3 rings (SSSR count). The zero-order valence-electron chi connectivity index (χ0n) is 17.7. The highest BCUT2D eigenvalue weighted by Crippen LogP contribution is 2.25. The van der Waals surface area contributed by atoms with Crippen molar-refractivity contribution in [3.05, 3.63) is 59.4 Å². The summed E-state index contributed by atoms with van der Waals surface area (Å²) in [6, 6.07) is 12.5. The van der Waals surface area contributed by atoms with Crippen molar-refractivity contribution in [2.75, 3.05) is 38.5 Å². The Labute approximate surface area is 183 Å². The summed E-state index contributed by atoms with van der Waals surface area (Å²) in [5, 5.41) is 9.08.